The highest BCUT2D eigenvalue weighted by molar-refractivity contribution is 9.10. The first-order valence-electron chi connectivity index (χ1n) is 6.65. The van der Waals surface area contributed by atoms with Gasteiger partial charge in [0.2, 0.25) is 0 Å². The van der Waals surface area contributed by atoms with Gasteiger partial charge in [0.1, 0.15) is 11.5 Å². The Balaban J connectivity index is 2.46. The zero-order chi connectivity index (χ0) is 15.4. The summed E-state index contributed by atoms with van der Waals surface area (Å²) in [6.07, 6.45) is 0.948. The van der Waals surface area contributed by atoms with Gasteiger partial charge in [0.15, 0.2) is 5.78 Å². The van der Waals surface area contributed by atoms with Crippen LogP contribution in [0.2, 0.25) is 0 Å². The molecule has 0 heterocycles. The summed E-state index contributed by atoms with van der Waals surface area (Å²) >= 11 is 3.42. The van der Waals surface area contributed by atoms with Crippen molar-refractivity contribution >= 4 is 21.7 Å². The Morgan fingerprint density at radius 1 is 1.10 bits per heavy atom. The molecule has 0 aliphatic carbocycles. The van der Waals surface area contributed by atoms with Crippen molar-refractivity contribution in [3.8, 4) is 11.5 Å². The van der Waals surface area contributed by atoms with Crippen molar-refractivity contribution in [1.82, 2.24) is 0 Å². The summed E-state index contributed by atoms with van der Waals surface area (Å²) in [6, 6.07) is 11.1. The second-order valence-electron chi connectivity index (χ2n) is 4.57. The summed E-state index contributed by atoms with van der Waals surface area (Å²) in [4.78, 5) is 12.7. The van der Waals surface area contributed by atoms with Crippen LogP contribution in [0.1, 0.15) is 28.4 Å². The molecule has 2 aromatic rings. The van der Waals surface area contributed by atoms with Gasteiger partial charge in [-0.25, -0.2) is 0 Å². The molecule has 0 amide bonds. The zero-order valence-electron chi connectivity index (χ0n) is 12.3. The SMILES string of the molecule is CCc1ccc(C(=O)c2c(Br)cc(OC)cc2OC)cc1. The second-order valence-corrected chi connectivity index (χ2v) is 5.42. The zero-order valence-corrected chi connectivity index (χ0v) is 13.9. The van der Waals surface area contributed by atoms with Crippen LogP contribution in [0.25, 0.3) is 0 Å². The minimum Gasteiger partial charge on any atom is -0.497 e. The third kappa shape index (κ3) is 3.27. The fourth-order valence-corrected chi connectivity index (χ4v) is 2.69. The Hall–Kier alpha value is -1.81. The number of ketones is 1. The van der Waals surface area contributed by atoms with Gasteiger partial charge in [-0.3, -0.25) is 4.79 Å². The maximum absolute atomic E-state index is 12.7. The Morgan fingerprint density at radius 3 is 2.29 bits per heavy atom. The molecule has 110 valence electrons. The van der Waals surface area contributed by atoms with Crippen molar-refractivity contribution in [1.29, 1.82) is 0 Å². The highest BCUT2D eigenvalue weighted by atomic mass is 79.9. The lowest BCUT2D eigenvalue weighted by molar-refractivity contribution is 0.103. The average Bonchev–Trinajstić information content (AvgIpc) is 2.53. The third-order valence-electron chi connectivity index (χ3n) is 3.33. The normalized spacial score (nSPS) is 10.3. The lowest BCUT2D eigenvalue weighted by Crippen LogP contribution is -2.06. The molecule has 4 heteroatoms. The van der Waals surface area contributed by atoms with E-state index >= 15 is 0 Å². The first-order valence-corrected chi connectivity index (χ1v) is 7.45. The molecule has 3 nitrogen and oxygen atoms in total. The lowest BCUT2D eigenvalue weighted by Gasteiger charge is -2.12. The Morgan fingerprint density at radius 2 is 1.76 bits per heavy atom. The molecule has 2 aromatic carbocycles. The van der Waals surface area contributed by atoms with Crippen molar-refractivity contribution in [2.75, 3.05) is 14.2 Å². The van der Waals surface area contributed by atoms with Gasteiger partial charge in [-0.2, -0.15) is 0 Å². The summed E-state index contributed by atoms with van der Waals surface area (Å²) in [5, 5.41) is 0. The van der Waals surface area contributed by atoms with E-state index in [-0.39, 0.29) is 5.78 Å². The lowest BCUT2D eigenvalue weighted by atomic mass is 10.0. The molecule has 0 aliphatic rings. The van der Waals surface area contributed by atoms with Gasteiger partial charge in [0.05, 0.1) is 19.8 Å². The molecule has 0 bridgehead atoms. The van der Waals surface area contributed by atoms with Gasteiger partial charge in [0.25, 0.3) is 0 Å². The van der Waals surface area contributed by atoms with E-state index in [2.05, 4.69) is 22.9 Å². The highest BCUT2D eigenvalue weighted by Gasteiger charge is 2.19. The highest BCUT2D eigenvalue weighted by Crippen LogP contribution is 2.34. The topological polar surface area (TPSA) is 35.5 Å². The van der Waals surface area contributed by atoms with E-state index in [9.17, 15) is 4.79 Å². The maximum Gasteiger partial charge on any atom is 0.197 e. The van der Waals surface area contributed by atoms with E-state index in [0.717, 1.165) is 6.42 Å². The molecule has 0 N–H and O–H groups in total. The fraction of sp³-hybridized carbons (Fsp3) is 0.235. The number of carbonyl (C=O) groups excluding carboxylic acids is 1. The molecule has 0 aliphatic heterocycles. The summed E-state index contributed by atoms with van der Waals surface area (Å²) in [5.41, 5.74) is 2.34. The first kappa shape index (κ1) is 15.6. The number of carbonyl (C=O) groups is 1. The molecular weight excluding hydrogens is 332 g/mol. The van der Waals surface area contributed by atoms with Crippen LogP contribution in [0.15, 0.2) is 40.9 Å². The molecule has 0 unspecified atom stereocenters. The summed E-state index contributed by atoms with van der Waals surface area (Å²) in [5.74, 6) is 1.05. The molecule has 0 atom stereocenters. The van der Waals surface area contributed by atoms with Crippen molar-refractivity contribution in [2.45, 2.75) is 13.3 Å². The van der Waals surface area contributed by atoms with Gasteiger partial charge in [-0.05, 0) is 34.0 Å². The predicted octanol–water partition coefficient (Wildman–Crippen LogP) is 4.26. The predicted molar refractivity (Wildman–Crippen MR) is 86.5 cm³/mol. The standard InChI is InChI=1S/C17H17BrO3/c1-4-11-5-7-12(8-6-11)17(19)16-14(18)9-13(20-2)10-15(16)21-3/h5-10H,4H2,1-3H3. The average molecular weight is 349 g/mol. The minimum atomic E-state index is -0.0796. The number of hydrogen-bond donors (Lipinski definition) is 0. The van der Waals surface area contributed by atoms with Gasteiger partial charge in [-0.15, -0.1) is 0 Å². The number of benzene rings is 2. The Labute approximate surface area is 133 Å². The number of methoxy groups -OCH3 is 2. The number of rotatable bonds is 5. The molecule has 0 saturated carbocycles. The number of ether oxygens (including phenoxy) is 2. The maximum atomic E-state index is 12.7. The molecule has 2 rings (SSSR count). The quantitative estimate of drug-likeness (QED) is 0.757. The minimum absolute atomic E-state index is 0.0796. The van der Waals surface area contributed by atoms with E-state index in [1.807, 2.05) is 24.3 Å². The molecule has 0 spiro atoms. The molecule has 0 aromatic heterocycles. The van der Waals surface area contributed by atoms with Gasteiger partial charge >= 0.3 is 0 Å². The van der Waals surface area contributed by atoms with Gasteiger partial charge in [0, 0.05) is 16.1 Å². The summed E-state index contributed by atoms with van der Waals surface area (Å²) < 4.78 is 11.2. The van der Waals surface area contributed by atoms with E-state index < -0.39 is 0 Å². The molecule has 0 fully saturated rings. The monoisotopic (exact) mass is 348 g/mol. The molecule has 21 heavy (non-hydrogen) atoms. The van der Waals surface area contributed by atoms with Crippen LogP contribution in [0.4, 0.5) is 0 Å². The molecular formula is C17H17BrO3. The van der Waals surface area contributed by atoms with E-state index in [0.29, 0.717) is 27.1 Å². The number of aryl methyl sites for hydroxylation is 1. The van der Waals surface area contributed by atoms with Crippen molar-refractivity contribution in [3.05, 3.63) is 57.6 Å². The van der Waals surface area contributed by atoms with Crippen LogP contribution in [0.3, 0.4) is 0 Å². The van der Waals surface area contributed by atoms with Gasteiger partial charge in [-0.1, -0.05) is 31.2 Å². The van der Waals surface area contributed by atoms with Crippen LogP contribution < -0.4 is 9.47 Å². The smallest absolute Gasteiger partial charge is 0.197 e. The van der Waals surface area contributed by atoms with E-state index in [4.69, 9.17) is 9.47 Å². The van der Waals surface area contributed by atoms with Crippen molar-refractivity contribution < 1.29 is 14.3 Å². The van der Waals surface area contributed by atoms with Crippen LogP contribution in [0.5, 0.6) is 11.5 Å². The van der Waals surface area contributed by atoms with Crippen molar-refractivity contribution in [3.63, 3.8) is 0 Å². The first-order chi connectivity index (χ1) is 10.1. The van der Waals surface area contributed by atoms with Crippen LogP contribution in [-0.4, -0.2) is 20.0 Å². The van der Waals surface area contributed by atoms with Crippen LogP contribution in [-0.2, 0) is 6.42 Å². The second kappa shape index (κ2) is 6.76. The fourth-order valence-electron chi connectivity index (χ4n) is 2.09. The van der Waals surface area contributed by atoms with Crippen LogP contribution in [0, 0.1) is 0 Å². The Kier molecular flexibility index (Phi) is 5.02. The third-order valence-corrected chi connectivity index (χ3v) is 3.96. The van der Waals surface area contributed by atoms with Gasteiger partial charge < -0.3 is 9.47 Å². The number of halogens is 1. The summed E-state index contributed by atoms with van der Waals surface area (Å²) in [6.45, 7) is 2.08. The Bertz CT molecular complexity index is 648. The summed E-state index contributed by atoms with van der Waals surface area (Å²) in [7, 11) is 3.12. The largest absolute Gasteiger partial charge is 0.497 e. The van der Waals surface area contributed by atoms with Crippen molar-refractivity contribution in [2.24, 2.45) is 0 Å². The van der Waals surface area contributed by atoms with Crippen LogP contribution >= 0.6 is 15.9 Å². The molecule has 0 radical (unpaired) electrons. The molecule has 0 saturated heterocycles. The number of hydrogen-bond acceptors (Lipinski definition) is 3. The van der Waals surface area contributed by atoms with E-state index in [1.54, 1.807) is 19.2 Å². The van der Waals surface area contributed by atoms with E-state index in [1.165, 1.54) is 12.7 Å².